The summed E-state index contributed by atoms with van der Waals surface area (Å²) in [5.41, 5.74) is 1.96. The van der Waals surface area contributed by atoms with E-state index in [1.165, 1.54) is 10.7 Å². The molecule has 4 aromatic rings. The lowest BCUT2D eigenvalue weighted by atomic mass is 10.2. The molecule has 168 valence electrons. The maximum atomic E-state index is 14.0. The molecular formula is C24H22FN5O2S. The molecular weight excluding hydrogens is 441 g/mol. The minimum absolute atomic E-state index is 0.189. The molecule has 4 rings (SSSR count). The number of hydrogen-bond donors (Lipinski definition) is 2. The number of rotatable bonds is 8. The van der Waals surface area contributed by atoms with Crippen molar-refractivity contribution >= 4 is 23.4 Å². The van der Waals surface area contributed by atoms with Gasteiger partial charge >= 0.3 is 0 Å². The lowest BCUT2D eigenvalue weighted by Gasteiger charge is -2.12. The van der Waals surface area contributed by atoms with E-state index in [-0.39, 0.29) is 17.3 Å². The van der Waals surface area contributed by atoms with Gasteiger partial charge < -0.3 is 15.9 Å². The van der Waals surface area contributed by atoms with Crippen LogP contribution in [0.2, 0.25) is 0 Å². The smallest absolute Gasteiger partial charge is 0.237 e. The van der Waals surface area contributed by atoms with E-state index in [2.05, 4.69) is 15.5 Å². The van der Waals surface area contributed by atoms with Crippen LogP contribution in [0, 0.1) is 5.82 Å². The van der Waals surface area contributed by atoms with Gasteiger partial charge in [-0.1, -0.05) is 54.2 Å². The first-order valence-electron chi connectivity index (χ1n) is 10.2. The Morgan fingerprint density at radius 1 is 1.06 bits per heavy atom. The Labute approximate surface area is 194 Å². The molecule has 1 unspecified atom stereocenters. The number of ether oxygens (including phenoxy) is 1. The number of carbonyl (C=O) groups is 1. The molecule has 0 bridgehead atoms. The Bertz CT molecular complexity index is 1230. The largest absolute Gasteiger partial charge is 0.489 e. The number of carbonyl (C=O) groups excluding carboxylic acids is 1. The van der Waals surface area contributed by atoms with Gasteiger partial charge in [-0.3, -0.25) is 4.79 Å². The first kappa shape index (κ1) is 22.3. The van der Waals surface area contributed by atoms with E-state index >= 15 is 0 Å². The van der Waals surface area contributed by atoms with Crippen LogP contribution in [0.15, 0.2) is 84.0 Å². The third-order valence-electron chi connectivity index (χ3n) is 4.80. The Balaban J connectivity index is 1.34. The molecule has 0 radical (unpaired) electrons. The van der Waals surface area contributed by atoms with E-state index in [1.807, 2.05) is 30.3 Å². The number of amides is 1. The van der Waals surface area contributed by atoms with Crippen molar-refractivity contribution in [1.82, 2.24) is 14.9 Å². The summed E-state index contributed by atoms with van der Waals surface area (Å²) in [5, 5.41) is 10.6. The number of nitrogens with one attached hydrogen (secondary N) is 1. The number of aromatic nitrogens is 3. The van der Waals surface area contributed by atoms with E-state index in [1.54, 1.807) is 49.4 Å². The Morgan fingerprint density at radius 3 is 2.48 bits per heavy atom. The van der Waals surface area contributed by atoms with E-state index in [9.17, 15) is 9.18 Å². The zero-order chi connectivity index (χ0) is 23.2. The van der Waals surface area contributed by atoms with Gasteiger partial charge in [0.15, 0.2) is 5.82 Å². The highest BCUT2D eigenvalue weighted by Crippen LogP contribution is 2.27. The molecule has 1 heterocycles. The molecule has 0 spiro atoms. The van der Waals surface area contributed by atoms with Crippen LogP contribution in [-0.4, -0.2) is 26.0 Å². The molecule has 0 aliphatic carbocycles. The van der Waals surface area contributed by atoms with Crippen LogP contribution in [0.1, 0.15) is 12.5 Å². The first-order chi connectivity index (χ1) is 16.0. The number of benzene rings is 3. The minimum atomic E-state index is -0.515. The van der Waals surface area contributed by atoms with Gasteiger partial charge in [-0.25, -0.2) is 9.07 Å². The Kier molecular flexibility index (Phi) is 6.89. The lowest BCUT2D eigenvalue weighted by molar-refractivity contribution is -0.115. The summed E-state index contributed by atoms with van der Waals surface area (Å²) in [6.07, 6.45) is 0. The molecule has 0 saturated carbocycles. The molecule has 9 heteroatoms. The molecule has 3 aromatic carbocycles. The number of nitrogens with two attached hydrogens (primary N) is 1. The van der Waals surface area contributed by atoms with Crippen LogP contribution < -0.4 is 15.9 Å². The average molecular weight is 464 g/mol. The summed E-state index contributed by atoms with van der Waals surface area (Å²) < 4.78 is 21.0. The Hall–Kier alpha value is -3.85. The van der Waals surface area contributed by atoms with Crippen LogP contribution in [0.5, 0.6) is 5.75 Å². The van der Waals surface area contributed by atoms with Crippen LogP contribution in [0.3, 0.4) is 0 Å². The number of nitrogen functional groups attached to an aromatic ring is 1. The summed E-state index contributed by atoms with van der Waals surface area (Å²) >= 11 is 1.13. The van der Waals surface area contributed by atoms with Gasteiger partial charge in [-0.2, -0.15) is 0 Å². The van der Waals surface area contributed by atoms with Gasteiger partial charge in [0, 0.05) is 5.69 Å². The highest BCUT2D eigenvalue weighted by atomic mass is 32.2. The van der Waals surface area contributed by atoms with E-state index < -0.39 is 11.1 Å². The molecule has 1 aromatic heterocycles. The summed E-state index contributed by atoms with van der Waals surface area (Å²) in [5.74, 6) is 6.27. The normalized spacial score (nSPS) is 11.7. The molecule has 1 amide bonds. The second-order valence-corrected chi connectivity index (χ2v) is 8.51. The van der Waals surface area contributed by atoms with Crippen molar-refractivity contribution in [3.63, 3.8) is 0 Å². The molecule has 1 atom stereocenters. The van der Waals surface area contributed by atoms with Gasteiger partial charge in [-0.15, -0.1) is 10.2 Å². The fourth-order valence-electron chi connectivity index (χ4n) is 3.01. The molecule has 0 fully saturated rings. The van der Waals surface area contributed by atoms with Crippen LogP contribution >= 0.6 is 11.8 Å². The summed E-state index contributed by atoms with van der Waals surface area (Å²) in [6.45, 7) is 2.20. The quantitative estimate of drug-likeness (QED) is 0.295. The molecule has 33 heavy (non-hydrogen) atoms. The van der Waals surface area contributed by atoms with Crippen molar-refractivity contribution in [2.24, 2.45) is 0 Å². The molecule has 0 aliphatic heterocycles. The van der Waals surface area contributed by atoms with Gasteiger partial charge in [0.25, 0.3) is 0 Å². The SMILES string of the molecule is CC(Sc1nnc(-c2ccccc2F)n1N)C(=O)Nc1ccc(OCc2ccccc2)cc1. The van der Waals surface area contributed by atoms with Gasteiger partial charge in [0.2, 0.25) is 11.1 Å². The summed E-state index contributed by atoms with van der Waals surface area (Å²) in [7, 11) is 0. The lowest BCUT2D eigenvalue weighted by Crippen LogP contribution is -2.23. The van der Waals surface area contributed by atoms with Crippen molar-refractivity contribution in [3.05, 3.63) is 90.2 Å². The van der Waals surface area contributed by atoms with Crippen LogP contribution in [0.4, 0.5) is 10.1 Å². The summed E-state index contributed by atoms with van der Waals surface area (Å²) in [4.78, 5) is 12.6. The number of halogens is 1. The van der Waals surface area contributed by atoms with Gasteiger partial charge in [-0.05, 0) is 48.9 Å². The maximum Gasteiger partial charge on any atom is 0.237 e. The van der Waals surface area contributed by atoms with E-state index in [4.69, 9.17) is 10.6 Å². The second kappa shape index (κ2) is 10.2. The van der Waals surface area contributed by atoms with Crippen LogP contribution in [0.25, 0.3) is 11.4 Å². The molecule has 7 nitrogen and oxygen atoms in total. The number of thioether (sulfide) groups is 1. The molecule has 0 saturated heterocycles. The Morgan fingerprint density at radius 2 is 1.76 bits per heavy atom. The summed E-state index contributed by atoms with van der Waals surface area (Å²) in [6, 6.07) is 23.2. The monoisotopic (exact) mass is 463 g/mol. The van der Waals surface area contributed by atoms with Crippen molar-refractivity contribution in [2.75, 3.05) is 11.2 Å². The highest BCUT2D eigenvalue weighted by molar-refractivity contribution is 8.00. The maximum absolute atomic E-state index is 14.0. The van der Waals surface area contributed by atoms with E-state index in [0.29, 0.717) is 23.2 Å². The second-order valence-electron chi connectivity index (χ2n) is 7.20. The zero-order valence-electron chi connectivity index (χ0n) is 17.8. The topological polar surface area (TPSA) is 95.1 Å². The minimum Gasteiger partial charge on any atom is -0.489 e. The number of anilines is 1. The third kappa shape index (κ3) is 5.50. The predicted octanol–water partition coefficient (Wildman–Crippen LogP) is 4.50. The van der Waals surface area contributed by atoms with Gasteiger partial charge in [0.1, 0.15) is 18.2 Å². The number of nitrogens with zero attached hydrogens (tertiary/aromatic N) is 3. The predicted molar refractivity (Wildman–Crippen MR) is 127 cm³/mol. The van der Waals surface area contributed by atoms with Crippen LogP contribution in [-0.2, 0) is 11.4 Å². The van der Waals surface area contributed by atoms with Crippen molar-refractivity contribution in [3.8, 4) is 17.1 Å². The van der Waals surface area contributed by atoms with Crippen molar-refractivity contribution < 1.29 is 13.9 Å². The third-order valence-corrected chi connectivity index (χ3v) is 5.86. The first-order valence-corrected chi connectivity index (χ1v) is 11.1. The fourth-order valence-corrected chi connectivity index (χ4v) is 3.78. The molecule has 0 aliphatic rings. The fraction of sp³-hybridized carbons (Fsp3) is 0.125. The average Bonchev–Trinajstić information content (AvgIpc) is 3.19. The van der Waals surface area contributed by atoms with E-state index in [0.717, 1.165) is 17.3 Å². The molecule has 3 N–H and O–H groups in total. The van der Waals surface area contributed by atoms with Crippen molar-refractivity contribution in [1.29, 1.82) is 0 Å². The zero-order valence-corrected chi connectivity index (χ0v) is 18.6. The standard InChI is InChI=1S/C24H22FN5O2S/c1-16(33-24-29-28-22(30(24)26)20-9-5-6-10-21(20)25)23(31)27-18-11-13-19(14-12-18)32-15-17-7-3-2-4-8-17/h2-14,16H,15,26H2,1H3,(H,27,31). The van der Waals surface area contributed by atoms with Crippen molar-refractivity contribution in [2.45, 2.75) is 23.9 Å². The van der Waals surface area contributed by atoms with Gasteiger partial charge in [0.05, 0.1) is 10.8 Å². The number of hydrogen-bond acceptors (Lipinski definition) is 6. The highest BCUT2D eigenvalue weighted by Gasteiger charge is 2.21.